The van der Waals surface area contributed by atoms with Crippen LogP contribution in [0.4, 0.5) is 0 Å². The normalized spacial score (nSPS) is 13.0. The number of nitrogens with one attached hydrogen (secondary N) is 2. The van der Waals surface area contributed by atoms with Gasteiger partial charge in [-0.05, 0) is 38.7 Å². The Morgan fingerprint density at radius 2 is 1.41 bits per heavy atom. The van der Waals surface area contributed by atoms with Crippen LogP contribution in [-0.4, -0.2) is 23.5 Å². The summed E-state index contributed by atoms with van der Waals surface area (Å²) in [4.78, 5) is 15.6. The quantitative estimate of drug-likeness (QED) is 0.146. The van der Waals surface area contributed by atoms with Crippen LogP contribution in [0.5, 0.6) is 0 Å². The number of hydrogen-bond donors (Lipinski definition) is 2. The maximum atomic E-state index is 12.2. The van der Waals surface area contributed by atoms with Gasteiger partial charge in [0, 0.05) is 30.8 Å². The van der Waals surface area contributed by atoms with Gasteiger partial charge in [0.25, 0.3) is 0 Å². The van der Waals surface area contributed by atoms with Crippen molar-refractivity contribution >= 4 is 17.7 Å². The van der Waals surface area contributed by atoms with Crippen LogP contribution < -0.4 is 15.9 Å². The highest BCUT2D eigenvalue weighted by atomic mass is 16.5. The fourth-order valence-corrected chi connectivity index (χ4v) is 5.46. The minimum atomic E-state index is 0.196. The lowest BCUT2D eigenvalue weighted by molar-refractivity contribution is -0.121. The van der Waals surface area contributed by atoms with Crippen molar-refractivity contribution in [1.82, 2.24) is 10.3 Å². The average Bonchev–Trinajstić information content (AvgIpc) is 3.29. The van der Waals surface area contributed by atoms with Crippen LogP contribution in [-0.2, 0) is 16.0 Å². The smallest absolute Gasteiger partial charge is 0.220 e. The van der Waals surface area contributed by atoms with E-state index in [1.807, 2.05) is 0 Å². The summed E-state index contributed by atoms with van der Waals surface area (Å²) in [5.74, 6) is 1.27. The van der Waals surface area contributed by atoms with Crippen LogP contribution in [0, 0.1) is 0 Å². The molecule has 1 amide bonds. The second-order valence-corrected chi connectivity index (χ2v) is 11.4. The van der Waals surface area contributed by atoms with E-state index in [0.29, 0.717) is 13.0 Å². The van der Waals surface area contributed by atoms with Gasteiger partial charge < -0.3 is 15.0 Å². The Bertz CT molecular complexity index is 839. The Balaban J connectivity index is 1.40. The van der Waals surface area contributed by atoms with E-state index >= 15 is 0 Å². The first-order valence-electron chi connectivity index (χ1n) is 15.9. The summed E-state index contributed by atoms with van der Waals surface area (Å²) in [7, 11) is 0. The van der Waals surface area contributed by atoms with E-state index < -0.39 is 0 Å². The van der Waals surface area contributed by atoms with Crippen LogP contribution in [0.1, 0.15) is 155 Å². The summed E-state index contributed by atoms with van der Waals surface area (Å²) in [6.07, 6.45) is 31.3. The van der Waals surface area contributed by atoms with E-state index in [1.54, 1.807) is 0 Å². The third kappa shape index (κ3) is 14.1. The van der Waals surface area contributed by atoms with Gasteiger partial charge in [0.05, 0.1) is 11.5 Å². The molecule has 0 unspecified atom stereocenters. The van der Waals surface area contributed by atoms with Gasteiger partial charge in [0.1, 0.15) is 5.76 Å². The van der Waals surface area contributed by atoms with Gasteiger partial charge in [-0.3, -0.25) is 4.79 Å². The monoisotopic (exact) mass is 514 g/mol. The zero-order chi connectivity index (χ0) is 26.6. The lowest BCUT2D eigenvalue weighted by Gasteiger charge is -2.14. The van der Waals surface area contributed by atoms with E-state index in [-0.39, 0.29) is 12.0 Å². The number of rotatable bonds is 23. The Morgan fingerprint density at radius 1 is 0.865 bits per heavy atom. The summed E-state index contributed by atoms with van der Waals surface area (Å²) in [6, 6.07) is 0. The number of fused-ring (bicyclic) bond motifs is 1. The molecule has 37 heavy (non-hydrogen) atoms. The largest absolute Gasteiger partial charge is 0.493 e. The fourth-order valence-electron chi connectivity index (χ4n) is 5.46. The zero-order valence-electron chi connectivity index (χ0n) is 24.6. The van der Waals surface area contributed by atoms with Gasteiger partial charge in [0.2, 0.25) is 5.91 Å². The summed E-state index contributed by atoms with van der Waals surface area (Å²) in [5.41, 5.74) is 1.28. The molecule has 1 aromatic heterocycles. The van der Waals surface area contributed by atoms with Crippen molar-refractivity contribution in [3.63, 3.8) is 0 Å². The molecule has 0 aromatic carbocycles. The van der Waals surface area contributed by atoms with Gasteiger partial charge in [-0.25, -0.2) is 0 Å². The lowest BCUT2D eigenvalue weighted by atomic mass is 10.0. The molecule has 1 heterocycles. The minimum absolute atomic E-state index is 0.196. The number of ether oxygens (including phenoxy) is 1. The van der Waals surface area contributed by atoms with Crippen molar-refractivity contribution in [2.45, 2.75) is 162 Å². The first kappa shape index (κ1) is 31.5. The van der Waals surface area contributed by atoms with Gasteiger partial charge in [-0.1, -0.05) is 116 Å². The number of carbonyl (C=O) groups is 1. The number of carbonyl (C=O) groups excluding carboxylic acids is 1. The van der Waals surface area contributed by atoms with E-state index in [4.69, 9.17) is 4.74 Å². The number of H-pyrrole nitrogens is 1. The van der Waals surface area contributed by atoms with Crippen molar-refractivity contribution in [1.29, 1.82) is 0 Å². The molecule has 2 N–H and O–H groups in total. The molecule has 4 nitrogen and oxygen atoms in total. The van der Waals surface area contributed by atoms with Gasteiger partial charge >= 0.3 is 0 Å². The lowest BCUT2D eigenvalue weighted by Crippen LogP contribution is -2.33. The second-order valence-electron chi connectivity index (χ2n) is 11.4. The molecule has 4 heteroatoms. The van der Waals surface area contributed by atoms with Crippen molar-refractivity contribution in [3.05, 3.63) is 22.3 Å². The highest BCUT2D eigenvalue weighted by molar-refractivity contribution is 5.75. The molecule has 1 aliphatic rings. The van der Waals surface area contributed by atoms with Crippen LogP contribution in [0.15, 0.2) is 6.20 Å². The van der Waals surface area contributed by atoms with Gasteiger partial charge in [-0.2, -0.15) is 0 Å². The molecule has 0 bridgehead atoms. The molecule has 0 saturated heterocycles. The Kier molecular flexibility index (Phi) is 17.3. The van der Waals surface area contributed by atoms with Crippen LogP contribution in [0.3, 0.4) is 0 Å². The maximum Gasteiger partial charge on any atom is 0.220 e. The number of unbranched alkanes of at least 4 members (excludes halogenated alkanes) is 16. The molecule has 0 fully saturated rings. The predicted molar refractivity (Wildman–Crippen MR) is 159 cm³/mol. The average molecular weight is 515 g/mol. The summed E-state index contributed by atoms with van der Waals surface area (Å²) in [5, 5.41) is 5.52. The zero-order valence-corrected chi connectivity index (χ0v) is 24.6. The molecule has 1 aliphatic carbocycles. The van der Waals surface area contributed by atoms with Crippen LogP contribution >= 0.6 is 0 Å². The highest BCUT2D eigenvalue weighted by Gasteiger charge is 2.12. The van der Waals surface area contributed by atoms with Crippen molar-refractivity contribution in [2.75, 3.05) is 6.54 Å². The topological polar surface area (TPSA) is 54.1 Å². The third-order valence-electron chi connectivity index (χ3n) is 7.61. The molecule has 0 spiro atoms. The van der Waals surface area contributed by atoms with E-state index in [0.717, 1.165) is 36.8 Å². The van der Waals surface area contributed by atoms with Crippen LogP contribution in [0.2, 0.25) is 0 Å². The summed E-state index contributed by atoms with van der Waals surface area (Å²) < 4.78 is 5.99. The predicted octanol–water partition coefficient (Wildman–Crippen LogP) is 7.82. The summed E-state index contributed by atoms with van der Waals surface area (Å²) >= 11 is 0. The minimum Gasteiger partial charge on any atom is -0.493 e. The Morgan fingerprint density at radius 3 is 1.95 bits per heavy atom. The van der Waals surface area contributed by atoms with Gasteiger partial charge in [0.15, 0.2) is 0 Å². The molecule has 0 radical (unpaired) electrons. The molecule has 0 saturated carbocycles. The molecular formula is C33H58N2O2. The first-order valence-corrected chi connectivity index (χ1v) is 15.9. The molecular weight excluding hydrogens is 456 g/mol. The third-order valence-corrected chi connectivity index (χ3v) is 7.61. The Hall–Kier alpha value is -1.71. The Labute approximate surface area is 228 Å². The summed E-state index contributed by atoms with van der Waals surface area (Å²) in [6.45, 7) is 7.14. The van der Waals surface area contributed by atoms with E-state index in [2.05, 4.69) is 43.3 Å². The number of aromatic nitrogens is 1. The molecule has 0 atom stereocenters. The number of amides is 1. The SMILES string of the molecule is CCCCCCCCCCCCCCCCCCCC(=O)NCCc1c[nH]c2c1=CCCC=2OC(C)C. The first-order chi connectivity index (χ1) is 18.1. The number of hydrogen-bond acceptors (Lipinski definition) is 2. The van der Waals surface area contributed by atoms with Crippen molar-refractivity contribution in [2.24, 2.45) is 0 Å². The van der Waals surface area contributed by atoms with Crippen LogP contribution in [0.25, 0.3) is 11.8 Å². The van der Waals surface area contributed by atoms with E-state index in [9.17, 15) is 4.79 Å². The fraction of sp³-hybridized carbons (Fsp3) is 0.788. The molecule has 212 valence electrons. The van der Waals surface area contributed by atoms with Crippen molar-refractivity contribution < 1.29 is 9.53 Å². The second kappa shape index (κ2) is 20.3. The molecule has 0 aliphatic heterocycles. The number of aromatic amines is 1. The molecule has 1 aromatic rings. The highest BCUT2D eigenvalue weighted by Crippen LogP contribution is 2.15. The van der Waals surface area contributed by atoms with Crippen molar-refractivity contribution in [3.8, 4) is 0 Å². The standard InChI is InChI=1S/C33H58N2O2/c1-4-5-6-7-8-9-10-11-12-13-14-15-16-17-18-19-20-24-32(36)34-26-25-29-27-35-33-30(29)22-21-23-31(33)37-28(2)3/h22,27-28,35H,4-21,23-26H2,1-3H3,(H,34,36). The molecule has 2 rings (SSSR count). The maximum absolute atomic E-state index is 12.2. The van der Waals surface area contributed by atoms with Gasteiger partial charge in [-0.15, -0.1) is 0 Å². The van der Waals surface area contributed by atoms with E-state index in [1.165, 1.54) is 114 Å².